The number of aromatic nitrogens is 3. The Kier molecular flexibility index (Phi) is 7.50. The van der Waals surface area contributed by atoms with E-state index < -0.39 is 0 Å². The van der Waals surface area contributed by atoms with Gasteiger partial charge in [-0.25, -0.2) is 15.0 Å². The zero-order valence-electron chi connectivity index (χ0n) is 31.9. The minimum atomic E-state index is 0.568. The van der Waals surface area contributed by atoms with E-state index in [1.54, 1.807) is 0 Å². The van der Waals surface area contributed by atoms with Crippen molar-refractivity contribution in [2.45, 2.75) is 0 Å². The van der Waals surface area contributed by atoms with Crippen LogP contribution in [0.2, 0.25) is 0 Å². The first-order chi connectivity index (χ1) is 29.6. The molecule has 9 aromatic carbocycles. The minimum absolute atomic E-state index is 0.568. The largest absolute Gasteiger partial charge is 0.456 e. The Labute approximate surface area is 343 Å². The number of hydrogen-bond acceptors (Lipinski definition) is 6. The molecule has 0 aliphatic rings. The van der Waals surface area contributed by atoms with Crippen LogP contribution in [0.1, 0.15) is 5.56 Å². The molecule has 0 saturated carbocycles. The molecule has 0 radical (unpaired) electrons. The second-order valence-corrected chi connectivity index (χ2v) is 15.1. The number of rotatable bonds is 5. The van der Waals surface area contributed by atoms with Gasteiger partial charge < -0.3 is 8.83 Å². The molecule has 0 fully saturated rings. The van der Waals surface area contributed by atoms with Gasteiger partial charge in [0.2, 0.25) is 0 Å². The number of fused-ring (bicyclic) bond motifs is 11. The van der Waals surface area contributed by atoms with Crippen molar-refractivity contribution in [1.82, 2.24) is 15.0 Å². The summed E-state index contributed by atoms with van der Waals surface area (Å²) in [5.74, 6) is 1.74. The minimum Gasteiger partial charge on any atom is -0.456 e. The fourth-order valence-corrected chi connectivity index (χ4v) is 8.61. The van der Waals surface area contributed by atoms with Gasteiger partial charge in [0.25, 0.3) is 0 Å². The first-order valence-corrected chi connectivity index (χ1v) is 19.8. The predicted octanol–water partition coefficient (Wildman–Crippen LogP) is 14.2. The maximum Gasteiger partial charge on any atom is 0.164 e. The van der Waals surface area contributed by atoms with Crippen LogP contribution in [0.15, 0.2) is 191 Å². The van der Waals surface area contributed by atoms with Crippen LogP contribution < -0.4 is 0 Å². The summed E-state index contributed by atoms with van der Waals surface area (Å²) in [6.07, 6.45) is 0. The van der Waals surface area contributed by atoms with E-state index in [0.29, 0.717) is 23.0 Å². The molecule has 12 rings (SSSR count). The van der Waals surface area contributed by atoms with Gasteiger partial charge in [-0.05, 0) is 93.0 Å². The standard InChI is InChI=1S/C54H30N4O2/c55-31-32-17-19-33(20-18-32)36-21-24-40-41-25-22-37(29-46(41)51-50(45(40)28-36)44-14-5-7-16-48(44)60-51)35-11-8-12-38(27-35)53-56-52(34-9-2-1-3-10-34)57-54(58-53)39-23-26-43-42-13-4-6-15-47(42)59-49(43)30-39/h1-30H. The number of nitrogens with zero attached hydrogens (tertiary/aromatic N) is 4. The Bertz CT molecular complexity index is 3730. The molecule has 0 amide bonds. The van der Waals surface area contributed by atoms with Crippen LogP contribution >= 0.6 is 0 Å². The molecule has 0 atom stereocenters. The fraction of sp³-hybridized carbons (Fsp3) is 0. The lowest BCUT2D eigenvalue weighted by molar-refractivity contribution is 0.669. The molecule has 0 aliphatic carbocycles. The van der Waals surface area contributed by atoms with Crippen molar-refractivity contribution in [3.05, 3.63) is 188 Å². The Morgan fingerprint density at radius 1 is 0.333 bits per heavy atom. The van der Waals surface area contributed by atoms with Crippen LogP contribution in [-0.2, 0) is 0 Å². The highest BCUT2D eigenvalue weighted by molar-refractivity contribution is 6.31. The monoisotopic (exact) mass is 766 g/mol. The maximum absolute atomic E-state index is 9.37. The molecule has 3 aromatic heterocycles. The van der Waals surface area contributed by atoms with Gasteiger partial charge >= 0.3 is 0 Å². The third-order valence-electron chi connectivity index (χ3n) is 11.5. The molecule has 3 heterocycles. The molecule has 60 heavy (non-hydrogen) atoms. The molecule has 278 valence electrons. The molecular weight excluding hydrogens is 737 g/mol. The zero-order chi connectivity index (χ0) is 39.7. The lowest BCUT2D eigenvalue weighted by Crippen LogP contribution is -2.00. The average Bonchev–Trinajstić information content (AvgIpc) is 3.90. The lowest BCUT2D eigenvalue weighted by Gasteiger charge is -2.12. The van der Waals surface area contributed by atoms with E-state index in [-0.39, 0.29) is 0 Å². The second kappa shape index (κ2) is 13.3. The predicted molar refractivity (Wildman–Crippen MR) is 241 cm³/mol. The third kappa shape index (κ3) is 5.45. The van der Waals surface area contributed by atoms with Gasteiger partial charge in [0, 0.05) is 43.6 Å². The molecule has 12 aromatic rings. The number of hydrogen-bond donors (Lipinski definition) is 0. The van der Waals surface area contributed by atoms with E-state index in [1.807, 2.05) is 91.0 Å². The van der Waals surface area contributed by atoms with Crippen LogP contribution in [0.4, 0.5) is 0 Å². The molecule has 6 nitrogen and oxygen atoms in total. The Morgan fingerprint density at radius 3 is 1.62 bits per heavy atom. The number of benzene rings is 9. The SMILES string of the molecule is N#Cc1ccc(-c2ccc3c4ccc(-c5cccc(-c6nc(-c7ccccc7)nc(-c7ccc8c(c7)oc7ccccc78)n6)c5)cc4c4oc5ccccc5c4c3c2)cc1. The summed E-state index contributed by atoms with van der Waals surface area (Å²) in [6.45, 7) is 0. The van der Waals surface area contributed by atoms with Crippen LogP contribution in [0.3, 0.4) is 0 Å². The molecule has 0 bridgehead atoms. The van der Waals surface area contributed by atoms with Crippen molar-refractivity contribution < 1.29 is 8.83 Å². The summed E-state index contributed by atoms with van der Waals surface area (Å²) in [6, 6.07) is 64.1. The summed E-state index contributed by atoms with van der Waals surface area (Å²) in [4.78, 5) is 15.1. The molecule has 0 saturated heterocycles. The second-order valence-electron chi connectivity index (χ2n) is 15.1. The van der Waals surface area contributed by atoms with Crippen molar-refractivity contribution in [2.75, 3.05) is 0 Å². The summed E-state index contributed by atoms with van der Waals surface area (Å²) >= 11 is 0. The van der Waals surface area contributed by atoms with E-state index in [9.17, 15) is 5.26 Å². The highest BCUT2D eigenvalue weighted by Gasteiger charge is 2.19. The quantitative estimate of drug-likeness (QED) is 0.162. The lowest BCUT2D eigenvalue weighted by atomic mass is 9.92. The van der Waals surface area contributed by atoms with Crippen LogP contribution in [0.25, 0.3) is 122 Å². The van der Waals surface area contributed by atoms with Gasteiger partial charge in [-0.3, -0.25) is 0 Å². The van der Waals surface area contributed by atoms with Crippen LogP contribution in [0, 0.1) is 11.3 Å². The van der Waals surface area contributed by atoms with E-state index in [4.69, 9.17) is 23.8 Å². The highest BCUT2D eigenvalue weighted by atomic mass is 16.3. The molecule has 0 aliphatic heterocycles. The summed E-state index contributed by atoms with van der Waals surface area (Å²) in [5.41, 5.74) is 10.8. The Balaban J connectivity index is 1.00. The van der Waals surface area contributed by atoms with Gasteiger partial charge in [-0.15, -0.1) is 0 Å². The van der Waals surface area contributed by atoms with Gasteiger partial charge in [0.1, 0.15) is 22.3 Å². The first-order valence-electron chi connectivity index (χ1n) is 19.8. The van der Waals surface area contributed by atoms with E-state index in [2.05, 4.69) is 97.1 Å². The first kappa shape index (κ1) is 33.7. The van der Waals surface area contributed by atoms with Gasteiger partial charge in [-0.2, -0.15) is 5.26 Å². The zero-order valence-corrected chi connectivity index (χ0v) is 31.9. The fourth-order valence-electron chi connectivity index (χ4n) is 8.61. The van der Waals surface area contributed by atoms with Crippen molar-refractivity contribution in [3.63, 3.8) is 0 Å². The smallest absolute Gasteiger partial charge is 0.164 e. The number of nitriles is 1. The van der Waals surface area contributed by atoms with Crippen molar-refractivity contribution >= 4 is 65.4 Å². The molecule has 6 heteroatoms. The van der Waals surface area contributed by atoms with E-state index >= 15 is 0 Å². The van der Waals surface area contributed by atoms with Crippen molar-refractivity contribution in [1.29, 1.82) is 5.26 Å². The van der Waals surface area contributed by atoms with Crippen molar-refractivity contribution in [3.8, 4) is 62.5 Å². The topological polar surface area (TPSA) is 88.7 Å². The van der Waals surface area contributed by atoms with Crippen molar-refractivity contribution in [2.24, 2.45) is 0 Å². The van der Waals surface area contributed by atoms with Gasteiger partial charge in [0.05, 0.1) is 11.6 Å². The normalized spacial score (nSPS) is 11.7. The van der Waals surface area contributed by atoms with Gasteiger partial charge in [0.15, 0.2) is 17.5 Å². The van der Waals surface area contributed by atoms with Crippen LogP contribution in [0.5, 0.6) is 0 Å². The molecular formula is C54H30N4O2. The number of para-hydroxylation sites is 2. The van der Waals surface area contributed by atoms with E-state index in [1.165, 1.54) is 0 Å². The Morgan fingerprint density at radius 2 is 0.850 bits per heavy atom. The molecule has 0 spiro atoms. The summed E-state index contributed by atoms with van der Waals surface area (Å²) < 4.78 is 13.0. The molecule has 0 unspecified atom stereocenters. The van der Waals surface area contributed by atoms with E-state index in [0.717, 1.165) is 104 Å². The maximum atomic E-state index is 9.37. The van der Waals surface area contributed by atoms with Crippen LogP contribution in [-0.4, -0.2) is 15.0 Å². The van der Waals surface area contributed by atoms with Gasteiger partial charge in [-0.1, -0.05) is 127 Å². The highest BCUT2D eigenvalue weighted by Crippen LogP contribution is 2.43. The average molecular weight is 767 g/mol. The summed E-state index contributed by atoms with van der Waals surface area (Å²) in [5, 5.41) is 18.1. The third-order valence-corrected chi connectivity index (χ3v) is 11.5. The number of furan rings is 2. The summed E-state index contributed by atoms with van der Waals surface area (Å²) in [7, 11) is 0. The Hall–Kier alpha value is -8.40. The molecule has 0 N–H and O–H groups in total.